The molecule has 0 radical (unpaired) electrons. The van der Waals surface area contributed by atoms with Gasteiger partial charge in [-0.2, -0.15) is 0 Å². The number of pyridine rings is 1. The van der Waals surface area contributed by atoms with Gasteiger partial charge in [0.05, 0.1) is 6.04 Å². The molecular weight excluding hydrogens is 357 g/mol. The molecule has 0 amide bonds. The Labute approximate surface area is 159 Å². The van der Waals surface area contributed by atoms with Crippen LogP contribution in [0, 0.1) is 0 Å². The summed E-state index contributed by atoms with van der Waals surface area (Å²) >= 11 is 12.2. The average molecular weight is 380 g/mol. The molecule has 2 aromatic rings. The van der Waals surface area contributed by atoms with Crippen LogP contribution < -0.4 is 15.5 Å². The van der Waals surface area contributed by atoms with Crippen molar-refractivity contribution in [3.63, 3.8) is 0 Å². The Kier molecular flexibility index (Phi) is 6.91. The van der Waals surface area contributed by atoms with Crippen LogP contribution in [-0.4, -0.2) is 32.1 Å². The minimum atomic E-state index is -0.00857. The summed E-state index contributed by atoms with van der Waals surface area (Å²) in [7, 11) is 5.68. The van der Waals surface area contributed by atoms with E-state index in [9.17, 15) is 0 Å². The van der Waals surface area contributed by atoms with Crippen LogP contribution in [0.3, 0.4) is 0 Å². The highest BCUT2D eigenvalue weighted by atomic mass is 35.5. The Morgan fingerprint density at radius 3 is 2.64 bits per heavy atom. The molecule has 0 spiro atoms. The van der Waals surface area contributed by atoms with E-state index < -0.39 is 0 Å². The summed E-state index contributed by atoms with van der Waals surface area (Å²) in [4.78, 5) is 10.6. The predicted molar refractivity (Wildman–Crippen MR) is 107 cm³/mol. The smallest absolute Gasteiger partial charge is 0.191 e. The molecule has 0 aliphatic heterocycles. The molecule has 1 unspecified atom stereocenters. The van der Waals surface area contributed by atoms with Gasteiger partial charge in [-0.1, -0.05) is 29.3 Å². The number of anilines is 1. The average Bonchev–Trinajstić information content (AvgIpc) is 2.58. The number of halogens is 2. The lowest BCUT2D eigenvalue weighted by atomic mass is 10.1. The zero-order chi connectivity index (χ0) is 18.4. The summed E-state index contributed by atoms with van der Waals surface area (Å²) in [6.07, 6.45) is 1.80. The lowest BCUT2D eigenvalue weighted by Crippen LogP contribution is -2.38. The van der Waals surface area contributed by atoms with Crippen LogP contribution in [0.5, 0.6) is 0 Å². The second kappa shape index (κ2) is 8.92. The molecule has 1 aromatic heterocycles. The molecule has 134 valence electrons. The fourth-order valence-electron chi connectivity index (χ4n) is 2.33. The Morgan fingerprint density at radius 1 is 1.24 bits per heavy atom. The quantitative estimate of drug-likeness (QED) is 0.611. The maximum Gasteiger partial charge on any atom is 0.191 e. The third-order valence-corrected chi connectivity index (χ3v) is 4.30. The minimum absolute atomic E-state index is 0.00857. The summed E-state index contributed by atoms with van der Waals surface area (Å²) in [6, 6.07) is 9.50. The van der Waals surface area contributed by atoms with E-state index in [4.69, 9.17) is 23.2 Å². The molecule has 2 N–H and O–H groups in total. The summed E-state index contributed by atoms with van der Waals surface area (Å²) in [5.74, 6) is 1.62. The summed E-state index contributed by atoms with van der Waals surface area (Å²) in [5.41, 5.74) is 2.09. The summed E-state index contributed by atoms with van der Waals surface area (Å²) < 4.78 is 0. The third-order valence-electron chi connectivity index (χ3n) is 3.73. The molecule has 0 bridgehead atoms. The van der Waals surface area contributed by atoms with E-state index in [1.54, 1.807) is 19.3 Å². The molecule has 7 heteroatoms. The predicted octanol–water partition coefficient (Wildman–Crippen LogP) is 3.88. The van der Waals surface area contributed by atoms with Crippen molar-refractivity contribution in [2.75, 3.05) is 26.0 Å². The first kappa shape index (κ1) is 19.3. The lowest BCUT2D eigenvalue weighted by molar-refractivity contribution is 0.685. The second-order valence-corrected chi connectivity index (χ2v) is 6.72. The van der Waals surface area contributed by atoms with Crippen molar-refractivity contribution in [2.24, 2.45) is 4.99 Å². The molecule has 1 heterocycles. The molecule has 0 aliphatic carbocycles. The molecule has 1 aromatic carbocycles. The number of hydrogen-bond acceptors (Lipinski definition) is 3. The van der Waals surface area contributed by atoms with Crippen LogP contribution in [0.25, 0.3) is 0 Å². The number of benzene rings is 1. The van der Waals surface area contributed by atoms with Crippen LogP contribution in [0.1, 0.15) is 24.1 Å². The van der Waals surface area contributed by atoms with Crippen molar-refractivity contribution in [1.82, 2.24) is 15.6 Å². The maximum atomic E-state index is 6.27. The first-order valence-electron chi connectivity index (χ1n) is 7.95. The molecule has 2 rings (SSSR count). The summed E-state index contributed by atoms with van der Waals surface area (Å²) in [6.45, 7) is 2.67. The van der Waals surface area contributed by atoms with Crippen molar-refractivity contribution >= 4 is 35.0 Å². The molecule has 0 aliphatic rings. The van der Waals surface area contributed by atoms with Crippen molar-refractivity contribution in [3.8, 4) is 0 Å². The third kappa shape index (κ3) is 5.51. The highest BCUT2D eigenvalue weighted by Gasteiger charge is 2.12. The van der Waals surface area contributed by atoms with Crippen molar-refractivity contribution < 1.29 is 0 Å². The van der Waals surface area contributed by atoms with Gasteiger partial charge < -0.3 is 15.5 Å². The minimum Gasteiger partial charge on any atom is -0.363 e. The lowest BCUT2D eigenvalue weighted by Gasteiger charge is -2.20. The van der Waals surface area contributed by atoms with Gasteiger partial charge in [0, 0.05) is 43.9 Å². The molecule has 25 heavy (non-hydrogen) atoms. The number of nitrogens with one attached hydrogen (secondary N) is 2. The van der Waals surface area contributed by atoms with Gasteiger partial charge in [0.15, 0.2) is 5.96 Å². The molecule has 0 saturated carbocycles. The van der Waals surface area contributed by atoms with E-state index in [1.807, 2.05) is 50.2 Å². The van der Waals surface area contributed by atoms with Gasteiger partial charge in [0.1, 0.15) is 5.82 Å². The molecular formula is C18H23Cl2N5. The van der Waals surface area contributed by atoms with Crippen molar-refractivity contribution in [2.45, 2.75) is 19.5 Å². The van der Waals surface area contributed by atoms with Gasteiger partial charge in [0.25, 0.3) is 0 Å². The maximum absolute atomic E-state index is 6.27. The van der Waals surface area contributed by atoms with Gasteiger partial charge in [-0.25, -0.2) is 4.98 Å². The van der Waals surface area contributed by atoms with Crippen LogP contribution in [0.15, 0.2) is 41.5 Å². The molecule has 0 fully saturated rings. The second-order valence-electron chi connectivity index (χ2n) is 5.87. The van der Waals surface area contributed by atoms with Crippen LogP contribution in [-0.2, 0) is 6.54 Å². The largest absolute Gasteiger partial charge is 0.363 e. The topological polar surface area (TPSA) is 52.6 Å². The number of hydrogen-bond donors (Lipinski definition) is 2. The SMILES string of the molecule is CN=C(NCc1ccnc(N(C)C)c1)NC(C)c1ccc(Cl)cc1Cl. The number of guanidine groups is 1. The first-order valence-corrected chi connectivity index (χ1v) is 8.70. The monoisotopic (exact) mass is 379 g/mol. The van der Waals surface area contributed by atoms with E-state index >= 15 is 0 Å². The molecule has 1 atom stereocenters. The van der Waals surface area contributed by atoms with Crippen LogP contribution >= 0.6 is 23.2 Å². The number of aromatic nitrogens is 1. The number of aliphatic imine (C=N–C) groups is 1. The van der Waals surface area contributed by atoms with Gasteiger partial charge in [-0.15, -0.1) is 0 Å². The fourth-order valence-corrected chi connectivity index (χ4v) is 2.90. The first-order chi connectivity index (χ1) is 11.9. The Balaban J connectivity index is 2.00. The van der Waals surface area contributed by atoms with Gasteiger partial charge >= 0.3 is 0 Å². The standard InChI is InChI=1S/C18H23Cl2N5/c1-12(15-6-5-14(19)10-16(15)20)24-18(21-2)23-11-13-7-8-22-17(9-13)25(3)4/h5-10,12H,11H2,1-4H3,(H2,21,23,24). The number of nitrogens with zero attached hydrogens (tertiary/aromatic N) is 3. The van der Waals surface area contributed by atoms with E-state index in [0.717, 1.165) is 16.9 Å². The summed E-state index contributed by atoms with van der Waals surface area (Å²) in [5, 5.41) is 7.90. The normalized spacial score (nSPS) is 12.6. The van der Waals surface area contributed by atoms with E-state index in [-0.39, 0.29) is 6.04 Å². The fraction of sp³-hybridized carbons (Fsp3) is 0.333. The van der Waals surface area contributed by atoms with E-state index in [2.05, 4.69) is 20.6 Å². The van der Waals surface area contributed by atoms with Gasteiger partial charge in [0.2, 0.25) is 0 Å². The van der Waals surface area contributed by atoms with Crippen LogP contribution in [0.4, 0.5) is 5.82 Å². The van der Waals surface area contributed by atoms with E-state index in [0.29, 0.717) is 22.5 Å². The zero-order valence-corrected chi connectivity index (χ0v) is 16.4. The molecule has 5 nitrogen and oxygen atoms in total. The van der Waals surface area contributed by atoms with Crippen molar-refractivity contribution in [3.05, 3.63) is 57.7 Å². The number of rotatable bonds is 5. The van der Waals surface area contributed by atoms with Crippen LogP contribution in [0.2, 0.25) is 10.0 Å². The van der Waals surface area contributed by atoms with Gasteiger partial charge in [-0.05, 0) is 42.3 Å². The molecule has 0 saturated heterocycles. The highest BCUT2D eigenvalue weighted by Crippen LogP contribution is 2.26. The Morgan fingerprint density at radius 2 is 2.00 bits per heavy atom. The Bertz CT molecular complexity index is 746. The highest BCUT2D eigenvalue weighted by molar-refractivity contribution is 6.35. The van der Waals surface area contributed by atoms with Gasteiger partial charge in [-0.3, -0.25) is 4.99 Å². The van der Waals surface area contributed by atoms with Crippen molar-refractivity contribution in [1.29, 1.82) is 0 Å². The van der Waals surface area contributed by atoms with E-state index in [1.165, 1.54) is 0 Å². The zero-order valence-electron chi connectivity index (χ0n) is 14.8. The Hall–Kier alpha value is -1.98.